The van der Waals surface area contributed by atoms with Gasteiger partial charge in [-0.05, 0) is 36.6 Å². The molecule has 0 spiro atoms. The van der Waals surface area contributed by atoms with Crippen molar-refractivity contribution in [3.8, 4) is 0 Å². The van der Waals surface area contributed by atoms with Gasteiger partial charge < -0.3 is 10.8 Å². The Morgan fingerprint density at radius 2 is 2.18 bits per heavy atom. The van der Waals surface area contributed by atoms with Gasteiger partial charge in [0, 0.05) is 17.0 Å². The maximum absolute atomic E-state index is 10.9. The van der Waals surface area contributed by atoms with Crippen molar-refractivity contribution < 1.29 is 9.90 Å². The lowest BCUT2D eigenvalue weighted by Crippen LogP contribution is -2.29. The lowest BCUT2D eigenvalue weighted by molar-refractivity contribution is -0.137. The number of halogens is 1. The van der Waals surface area contributed by atoms with Crippen LogP contribution in [0, 0.1) is 6.92 Å². The van der Waals surface area contributed by atoms with Crippen molar-refractivity contribution in [1.29, 1.82) is 0 Å². The number of rotatable bonds is 5. The minimum absolute atomic E-state index is 0.0531. The number of hydrogen-bond acceptors (Lipinski definition) is 2. The molecule has 0 heterocycles. The van der Waals surface area contributed by atoms with Gasteiger partial charge >= 0.3 is 5.97 Å². The summed E-state index contributed by atoms with van der Waals surface area (Å²) in [6.07, 6.45) is 0.803. The average molecular weight is 256 g/mol. The van der Waals surface area contributed by atoms with E-state index < -0.39 is 5.97 Å². The molecule has 94 valence electrons. The molecular formula is C13H18ClNO2. The van der Waals surface area contributed by atoms with Crippen LogP contribution in [0.5, 0.6) is 0 Å². The molecule has 1 aromatic carbocycles. The van der Waals surface area contributed by atoms with E-state index >= 15 is 0 Å². The van der Waals surface area contributed by atoms with Crippen LogP contribution in [0.4, 0.5) is 0 Å². The summed E-state index contributed by atoms with van der Waals surface area (Å²) in [6.45, 7) is 3.89. The second-order valence-corrected chi connectivity index (χ2v) is 4.71. The Kier molecular flexibility index (Phi) is 4.97. The number of carboxylic acids is 1. The predicted octanol–water partition coefficient (Wildman–Crippen LogP) is 2.94. The minimum atomic E-state index is -0.826. The van der Waals surface area contributed by atoms with Gasteiger partial charge in [0.1, 0.15) is 0 Å². The average Bonchev–Trinajstić information content (AvgIpc) is 2.25. The van der Waals surface area contributed by atoms with Crippen LogP contribution in [0.15, 0.2) is 18.2 Å². The molecule has 3 N–H and O–H groups in total. The lowest BCUT2D eigenvalue weighted by atomic mass is 9.85. The fourth-order valence-electron chi connectivity index (χ4n) is 2.02. The number of carbonyl (C=O) groups is 1. The van der Waals surface area contributed by atoms with Gasteiger partial charge in [-0.3, -0.25) is 4.79 Å². The van der Waals surface area contributed by atoms with Gasteiger partial charge in [-0.1, -0.05) is 24.6 Å². The number of nitrogens with two attached hydrogens (primary N) is 1. The van der Waals surface area contributed by atoms with Gasteiger partial charge in [0.25, 0.3) is 0 Å². The molecule has 1 aromatic rings. The van der Waals surface area contributed by atoms with Crippen molar-refractivity contribution in [1.82, 2.24) is 0 Å². The molecule has 3 nitrogen and oxygen atoms in total. The molecule has 0 aliphatic rings. The maximum Gasteiger partial charge on any atom is 0.304 e. The highest BCUT2D eigenvalue weighted by atomic mass is 35.5. The van der Waals surface area contributed by atoms with Crippen molar-refractivity contribution >= 4 is 17.6 Å². The normalized spacial score (nSPS) is 14.4. The predicted molar refractivity (Wildman–Crippen MR) is 69.4 cm³/mol. The summed E-state index contributed by atoms with van der Waals surface area (Å²) in [6, 6.07) is 5.35. The third-order valence-corrected chi connectivity index (χ3v) is 3.25. The van der Waals surface area contributed by atoms with Crippen molar-refractivity contribution in [3.05, 3.63) is 34.3 Å². The van der Waals surface area contributed by atoms with Crippen LogP contribution < -0.4 is 5.73 Å². The fourth-order valence-corrected chi connectivity index (χ4v) is 2.25. The number of aryl methyl sites for hydroxylation is 1. The van der Waals surface area contributed by atoms with Gasteiger partial charge in [-0.15, -0.1) is 0 Å². The summed E-state index contributed by atoms with van der Waals surface area (Å²) in [5, 5.41) is 9.61. The van der Waals surface area contributed by atoms with Crippen LogP contribution in [0.3, 0.4) is 0 Å². The molecule has 1 rings (SSSR count). The van der Waals surface area contributed by atoms with E-state index in [1.54, 1.807) is 6.07 Å². The van der Waals surface area contributed by atoms with E-state index in [1.165, 1.54) is 0 Å². The SMILES string of the molecule is CCC(N)C(CC(=O)O)c1ccc(Cl)cc1C. The second kappa shape index (κ2) is 6.03. The van der Waals surface area contributed by atoms with E-state index in [-0.39, 0.29) is 18.4 Å². The van der Waals surface area contributed by atoms with Crippen LogP contribution in [-0.4, -0.2) is 17.1 Å². The molecule has 17 heavy (non-hydrogen) atoms. The van der Waals surface area contributed by atoms with Gasteiger partial charge in [-0.2, -0.15) is 0 Å². The van der Waals surface area contributed by atoms with E-state index in [4.69, 9.17) is 22.4 Å². The number of aliphatic carboxylic acids is 1. The first kappa shape index (κ1) is 14.0. The molecule has 2 unspecified atom stereocenters. The van der Waals surface area contributed by atoms with Crippen molar-refractivity contribution in [2.45, 2.75) is 38.6 Å². The van der Waals surface area contributed by atoms with E-state index in [1.807, 2.05) is 26.0 Å². The molecule has 0 aromatic heterocycles. The zero-order chi connectivity index (χ0) is 13.0. The molecule has 0 fully saturated rings. The first-order valence-electron chi connectivity index (χ1n) is 5.69. The second-order valence-electron chi connectivity index (χ2n) is 4.28. The van der Waals surface area contributed by atoms with Crippen LogP contribution in [0.25, 0.3) is 0 Å². The molecule has 0 radical (unpaired) electrons. The van der Waals surface area contributed by atoms with Crippen LogP contribution >= 0.6 is 11.6 Å². The van der Waals surface area contributed by atoms with E-state index in [9.17, 15) is 4.79 Å². The van der Waals surface area contributed by atoms with Gasteiger partial charge in [-0.25, -0.2) is 0 Å². The zero-order valence-electron chi connectivity index (χ0n) is 10.1. The number of carboxylic acid groups (broad SMARTS) is 1. The Bertz CT molecular complexity index is 406. The monoisotopic (exact) mass is 255 g/mol. The Balaban J connectivity index is 3.07. The first-order chi connectivity index (χ1) is 7.95. The Morgan fingerprint density at radius 3 is 2.65 bits per heavy atom. The molecule has 0 bridgehead atoms. The summed E-state index contributed by atoms with van der Waals surface area (Å²) in [4.78, 5) is 10.9. The van der Waals surface area contributed by atoms with Crippen LogP contribution in [0.2, 0.25) is 5.02 Å². The third-order valence-electron chi connectivity index (χ3n) is 3.01. The van der Waals surface area contributed by atoms with Gasteiger partial charge in [0.2, 0.25) is 0 Å². The summed E-state index contributed by atoms with van der Waals surface area (Å²) < 4.78 is 0. The maximum atomic E-state index is 10.9. The third kappa shape index (κ3) is 3.72. The summed E-state index contributed by atoms with van der Waals surface area (Å²) in [5.74, 6) is -0.983. The number of benzene rings is 1. The first-order valence-corrected chi connectivity index (χ1v) is 6.07. The van der Waals surface area contributed by atoms with Crippen molar-refractivity contribution in [2.75, 3.05) is 0 Å². The molecule has 0 saturated heterocycles. The Hall–Kier alpha value is -1.06. The van der Waals surface area contributed by atoms with Crippen LogP contribution in [0.1, 0.15) is 36.8 Å². The molecule has 0 aliphatic carbocycles. The van der Waals surface area contributed by atoms with E-state index in [0.717, 1.165) is 17.5 Å². The smallest absolute Gasteiger partial charge is 0.304 e. The standard InChI is InChI=1S/C13H18ClNO2/c1-3-12(15)11(7-13(16)17)10-5-4-9(14)6-8(10)2/h4-6,11-12H,3,7,15H2,1-2H3,(H,16,17). The highest BCUT2D eigenvalue weighted by Gasteiger charge is 2.23. The Morgan fingerprint density at radius 1 is 1.53 bits per heavy atom. The van der Waals surface area contributed by atoms with Crippen molar-refractivity contribution in [2.24, 2.45) is 5.73 Å². The zero-order valence-corrected chi connectivity index (χ0v) is 10.9. The number of hydrogen-bond donors (Lipinski definition) is 2. The largest absolute Gasteiger partial charge is 0.481 e. The fraction of sp³-hybridized carbons (Fsp3) is 0.462. The molecule has 4 heteroatoms. The topological polar surface area (TPSA) is 63.3 Å². The van der Waals surface area contributed by atoms with Crippen LogP contribution in [-0.2, 0) is 4.79 Å². The van der Waals surface area contributed by atoms with Crippen molar-refractivity contribution in [3.63, 3.8) is 0 Å². The summed E-state index contributed by atoms with van der Waals surface area (Å²) >= 11 is 5.89. The Labute approximate surface area is 107 Å². The molecule has 2 atom stereocenters. The van der Waals surface area contributed by atoms with Gasteiger partial charge in [0.15, 0.2) is 0 Å². The quantitative estimate of drug-likeness (QED) is 0.850. The highest BCUT2D eigenvalue weighted by Crippen LogP contribution is 2.28. The van der Waals surface area contributed by atoms with E-state index in [0.29, 0.717) is 5.02 Å². The van der Waals surface area contributed by atoms with E-state index in [2.05, 4.69) is 0 Å². The lowest BCUT2D eigenvalue weighted by Gasteiger charge is -2.23. The minimum Gasteiger partial charge on any atom is -0.481 e. The summed E-state index contributed by atoms with van der Waals surface area (Å²) in [5.41, 5.74) is 7.98. The van der Waals surface area contributed by atoms with Gasteiger partial charge in [0.05, 0.1) is 6.42 Å². The molecule has 0 aliphatic heterocycles. The summed E-state index contributed by atoms with van der Waals surface area (Å²) in [7, 11) is 0. The molecule has 0 amide bonds. The molecular weight excluding hydrogens is 238 g/mol. The highest BCUT2D eigenvalue weighted by molar-refractivity contribution is 6.30. The molecule has 0 saturated carbocycles.